The predicted molar refractivity (Wildman–Crippen MR) is 118 cm³/mol. The molecule has 0 bridgehead atoms. The summed E-state index contributed by atoms with van der Waals surface area (Å²) in [6.45, 7) is 4.21. The molecule has 0 fully saturated rings. The largest absolute Gasteiger partial charge is 0.489 e. The molecule has 178 valence electrons. The maximum absolute atomic E-state index is 13.3. The molecular weight excluding hydrogens is 454 g/mol. The van der Waals surface area contributed by atoms with Gasteiger partial charge in [-0.05, 0) is 50.2 Å². The average molecular weight is 475 g/mol. The van der Waals surface area contributed by atoms with Crippen LogP contribution in [0.2, 0.25) is 0 Å². The number of carbonyl (C=O) groups excluding carboxylic acids is 1. The van der Waals surface area contributed by atoms with Crippen molar-refractivity contribution in [1.29, 1.82) is 0 Å². The van der Waals surface area contributed by atoms with E-state index in [1.165, 1.54) is 36.4 Å². The summed E-state index contributed by atoms with van der Waals surface area (Å²) in [5.41, 5.74) is -0.234. The van der Waals surface area contributed by atoms with Gasteiger partial charge in [0.15, 0.2) is 0 Å². The second kappa shape index (κ2) is 10.9. The monoisotopic (exact) mass is 475 g/mol. The summed E-state index contributed by atoms with van der Waals surface area (Å²) in [6.07, 6.45) is -3.88. The van der Waals surface area contributed by atoms with Gasteiger partial charge in [0.25, 0.3) is 0 Å². The van der Waals surface area contributed by atoms with Crippen molar-refractivity contribution in [2.45, 2.75) is 26.1 Å². The van der Waals surface area contributed by atoms with Crippen molar-refractivity contribution in [3.05, 3.63) is 65.7 Å². The van der Waals surface area contributed by atoms with Crippen LogP contribution in [0.25, 0.3) is 11.4 Å². The zero-order valence-electron chi connectivity index (χ0n) is 18.3. The number of nitrogens with one attached hydrogen (secondary N) is 2. The number of alkyl halides is 3. The van der Waals surface area contributed by atoms with Crippen LogP contribution in [-0.2, 0) is 15.7 Å². The van der Waals surface area contributed by atoms with Crippen LogP contribution in [0.4, 0.5) is 23.2 Å². The smallest absolute Gasteiger partial charge is 0.432 e. The predicted octanol–water partition coefficient (Wildman–Crippen LogP) is 5.03. The lowest BCUT2D eigenvalue weighted by Crippen LogP contribution is -2.14. The summed E-state index contributed by atoms with van der Waals surface area (Å²) in [5.74, 6) is 3.91. The van der Waals surface area contributed by atoms with Gasteiger partial charge in [0.2, 0.25) is 0 Å². The van der Waals surface area contributed by atoms with E-state index in [1.54, 1.807) is 6.07 Å². The Morgan fingerprint density at radius 3 is 2.65 bits per heavy atom. The molecule has 1 amide bonds. The Morgan fingerprint density at radius 2 is 1.97 bits per heavy atom. The van der Waals surface area contributed by atoms with Gasteiger partial charge >= 0.3 is 12.1 Å². The molecule has 2 aromatic carbocycles. The number of H-pyrrole nitrogens is 1. The van der Waals surface area contributed by atoms with Gasteiger partial charge in [0.1, 0.15) is 29.7 Å². The summed E-state index contributed by atoms with van der Waals surface area (Å²) in [7, 11) is 0. The lowest BCUT2D eigenvalue weighted by atomic mass is 10.1. The molecule has 10 heteroatoms. The molecule has 3 aromatic rings. The van der Waals surface area contributed by atoms with E-state index >= 15 is 0 Å². The summed E-state index contributed by atoms with van der Waals surface area (Å²) >= 11 is 0. The van der Waals surface area contributed by atoms with Crippen LogP contribution in [0.3, 0.4) is 0 Å². The van der Waals surface area contributed by atoms with Gasteiger partial charge in [-0.15, -0.1) is 0 Å². The van der Waals surface area contributed by atoms with E-state index in [0.717, 1.165) is 0 Å². The minimum Gasteiger partial charge on any atom is -0.489 e. The number of nitrogens with zero attached hydrogens (tertiary/aromatic N) is 1. The number of amides is 1. The maximum Gasteiger partial charge on any atom is 0.432 e. The standard InChI is InChI=1S/C24H21F4N3O3/c1-15(2)33-10-11-34-20-8-7-17(23-29-14-21(31-23)24(26,27)28)13-19(20)30-22(32)9-6-16-4-3-5-18(25)12-16/h3-5,7-8,12-15H,10-11H2,1-2H3,(H,29,31)(H,30,32). The zero-order valence-corrected chi connectivity index (χ0v) is 18.3. The van der Waals surface area contributed by atoms with Gasteiger partial charge in [-0.2, -0.15) is 13.2 Å². The highest BCUT2D eigenvalue weighted by Gasteiger charge is 2.33. The molecule has 0 aliphatic heterocycles. The van der Waals surface area contributed by atoms with Gasteiger partial charge < -0.3 is 19.8 Å². The Morgan fingerprint density at radius 1 is 1.18 bits per heavy atom. The number of hydrogen-bond donors (Lipinski definition) is 2. The molecule has 0 unspecified atom stereocenters. The van der Waals surface area contributed by atoms with Crippen molar-refractivity contribution < 1.29 is 31.8 Å². The second-order valence-corrected chi connectivity index (χ2v) is 7.34. The lowest BCUT2D eigenvalue weighted by molar-refractivity contribution is -0.140. The fourth-order valence-electron chi connectivity index (χ4n) is 2.80. The Hall–Kier alpha value is -3.84. The normalized spacial score (nSPS) is 11.1. The van der Waals surface area contributed by atoms with E-state index in [0.29, 0.717) is 18.4 Å². The number of aromatic nitrogens is 2. The van der Waals surface area contributed by atoms with Crippen LogP contribution < -0.4 is 10.1 Å². The van der Waals surface area contributed by atoms with Crippen molar-refractivity contribution in [3.8, 4) is 29.0 Å². The second-order valence-electron chi connectivity index (χ2n) is 7.34. The molecule has 1 aromatic heterocycles. The van der Waals surface area contributed by atoms with Crippen molar-refractivity contribution >= 4 is 11.6 Å². The molecular formula is C24H21F4N3O3. The topological polar surface area (TPSA) is 76.2 Å². The molecule has 0 spiro atoms. The van der Waals surface area contributed by atoms with Gasteiger partial charge in [-0.1, -0.05) is 12.0 Å². The number of benzene rings is 2. The fraction of sp³-hybridized carbons (Fsp3) is 0.250. The van der Waals surface area contributed by atoms with Crippen LogP contribution in [0, 0.1) is 17.7 Å². The fourth-order valence-corrected chi connectivity index (χ4v) is 2.80. The summed E-state index contributed by atoms with van der Waals surface area (Å²) in [5, 5.41) is 2.56. The Labute approximate surface area is 193 Å². The van der Waals surface area contributed by atoms with E-state index < -0.39 is 23.6 Å². The number of hydrogen-bond acceptors (Lipinski definition) is 4. The Kier molecular flexibility index (Phi) is 7.91. The Bertz CT molecular complexity index is 1210. The number of halogens is 4. The molecule has 6 nitrogen and oxygen atoms in total. The minimum absolute atomic E-state index is 0.00466. The molecule has 3 rings (SSSR count). The van der Waals surface area contributed by atoms with E-state index in [9.17, 15) is 22.4 Å². The first kappa shape index (κ1) is 24.8. The molecule has 0 saturated heterocycles. The van der Waals surface area contributed by atoms with E-state index in [2.05, 4.69) is 27.1 Å². The molecule has 2 N–H and O–H groups in total. The summed E-state index contributed by atoms with van der Waals surface area (Å²) in [4.78, 5) is 18.4. The Balaban J connectivity index is 1.84. The van der Waals surface area contributed by atoms with Crippen LogP contribution >= 0.6 is 0 Å². The first-order valence-corrected chi connectivity index (χ1v) is 10.2. The van der Waals surface area contributed by atoms with Gasteiger partial charge in [-0.25, -0.2) is 9.37 Å². The quantitative estimate of drug-likeness (QED) is 0.286. The first-order chi connectivity index (χ1) is 16.1. The average Bonchev–Trinajstić information content (AvgIpc) is 3.27. The van der Waals surface area contributed by atoms with E-state index in [1.807, 2.05) is 13.8 Å². The van der Waals surface area contributed by atoms with Gasteiger partial charge in [-0.3, -0.25) is 4.79 Å². The lowest BCUT2D eigenvalue weighted by Gasteiger charge is -2.14. The van der Waals surface area contributed by atoms with Crippen LogP contribution in [0.15, 0.2) is 48.7 Å². The summed E-state index contributed by atoms with van der Waals surface area (Å²) in [6, 6.07) is 9.86. The number of aromatic amines is 1. The van der Waals surface area contributed by atoms with Gasteiger partial charge in [0, 0.05) is 17.0 Å². The first-order valence-electron chi connectivity index (χ1n) is 10.2. The van der Waals surface area contributed by atoms with Crippen molar-refractivity contribution in [1.82, 2.24) is 9.97 Å². The molecule has 0 radical (unpaired) electrons. The third kappa shape index (κ3) is 7.08. The molecule has 0 aliphatic rings. The molecule has 0 aliphatic carbocycles. The SMILES string of the molecule is CC(C)OCCOc1ccc(-c2ncc(C(F)(F)F)[nH]2)cc1NC(=O)C#Cc1cccc(F)c1. The third-order valence-corrected chi connectivity index (χ3v) is 4.32. The molecule has 0 saturated carbocycles. The van der Waals surface area contributed by atoms with Crippen molar-refractivity contribution in [3.63, 3.8) is 0 Å². The van der Waals surface area contributed by atoms with Crippen LogP contribution in [-0.4, -0.2) is 35.2 Å². The van der Waals surface area contributed by atoms with E-state index in [4.69, 9.17) is 9.47 Å². The maximum atomic E-state index is 13.3. The highest BCUT2D eigenvalue weighted by Crippen LogP contribution is 2.32. The zero-order chi connectivity index (χ0) is 24.7. The highest BCUT2D eigenvalue weighted by atomic mass is 19.4. The van der Waals surface area contributed by atoms with Gasteiger partial charge in [0.05, 0.1) is 24.6 Å². The van der Waals surface area contributed by atoms with E-state index in [-0.39, 0.29) is 35.5 Å². The number of carbonyl (C=O) groups is 1. The number of anilines is 1. The third-order valence-electron chi connectivity index (χ3n) is 4.32. The minimum atomic E-state index is -4.58. The van der Waals surface area contributed by atoms with Crippen LogP contribution in [0.1, 0.15) is 25.1 Å². The van der Waals surface area contributed by atoms with Crippen molar-refractivity contribution in [2.24, 2.45) is 0 Å². The number of imidazole rings is 1. The number of rotatable bonds is 7. The highest BCUT2D eigenvalue weighted by molar-refractivity contribution is 6.05. The summed E-state index contributed by atoms with van der Waals surface area (Å²) < 4.78 is 63.1. The molecule has 1 heterocycles. The molecule has 34 heavy (non-hydrogen) atoms. The molecule has 0 atom stereocenters. The van der Waals surface area contributed by atoms with Crippen LogP contribution in [0.5, 0.6) is 5.75 Å². The van der Waals surface area contributed by atoms with Crippen molar-refractivity contribution in [2.75, 3.05) is 18.5 Å². The number of ether oxygens (including phenoxy) is 2.